The van der Waals surface area contributed by atoms with Crippen molar-refractivity contribution in [3.63, 3.8) is 0 Å². The van der Waals surface area contributed by atoms with Crippen molar-refractivity contribution in [1.29, 1.82) is 0 Å². The van der Waals surface area contributed by atoms with Gasteiger partial charge >= 0.3 is 5.97 Å². The van der Waals surface area contributed by atoms with Crippen molar-refractivity contribution in [1.82, 2.24) is 20.3 Å². The van der Waals surface area contributed by atoms with Gasteiger partial charge in [0.25, 0.3) is 0 Å². The largest absolute Gasteiger partial charge is 0.491 e. The zero-order chi connectivity index (χ0) is 18.2. The molecule has 25 heavy (non-hydrogen) atoms. The molecule has 0 fully saturated rings. The molecule has 1 aromatic carbocycles. The third kappa shape index (κ3) is 6.16. The number of nitrogens with one attached hydrogen (secondary N) is 1. The van der Waals surface area contributed by atoms with Gasteiger partial charge in [0.05, 0.1) is 19.3 Å². The van der Waals surface area contributed by atoms with E-state index in [1.807, 2.05) is 0 Å². The van der Waals surface area contributed by atoms with Crippen LogP contribution in [0.2, 0.25) is 0 Å². The van der Waals surface area contributed by atoms with Gasteiger partial charge in [-0.3, -0.25) is 9.59 Å². The van der Waals surface area contributed by atoms with Gasteiger partial charge in [-0.25, -0.2) is 13.5 Å². The standard InChI is InChI=1S/C15H16F2N4O4/c16-10-3-4-13(12(17)6-10)25-5-1-2-14(22)18-7-11-8-21(20-19-11)9-15(23)24/h3-4,6,8H,1-2,5,7,9H2,(H,18,22)(H,23,24). The quantitative estimate of drug-likeness (QED) is 0.654. The van der Waals surface area contributed by atoms with Gasteiger partial charge in [-0.1, -0.05) is 5.21 Å². The zero-order valence-electron chi connectivity index (χ0n) is 13.1. The van der Waals surface area contributed by atoms with Crippen LogP contribution < -0.4 is 10.1 Å². The van der Waals surface area contributed by atoms with Crippen LogP contribution in [-0.2, 0) is 22.7 Å². The minimum Gasteiger partial charge on any atom is -0.491 e. The van der Waals surface area contributed by atoms with E-state index < -0.39 is 17.6 Å². The van der Waals surface area contributed by atoms with Gasteiger partial charge in [0.1, 0.15) is 18.1 Å². The van der Waals surface area contributed by atoms with Gasteiger partial charge in [-0.2, -0.15) is 0 Å². The third-order valence-corrected chi connectivity index (χ3v) is 3.05. The first-order chi connectivity index (χ1) is 11.9. The predicted octanol–water partition coefficient (Wildman–Crippen LogP) is 1.12. The number of carbonyl (C=O) groups excluding carboxylic acids is 1. The number of carbonyl (C=O) groups is 2. The van der Waals surface area contributed by atoms with Crippen LogP contribution in [0.3, 0.4) is 0 Å². The summed E-state index contributed by atoms with van der Waals surface area (Å²) < 4.78 is 32.4. The number of carboxylic acid groups (broad SMARTS) is 1. The molecule has 0 saturated heterocycles. The molecule has 0 aliphatic carbocycles. The maximum atomic E-state index is 13.3. The number of benzene rings is 1. The van der Waals surface area contributed by atoms with Crippen molar-refractivity contribution in [3.8, 4) is 5.75 Å². The number of ether oxygens (including phenoxy) is 1. The topological polar surface area (TPSA) is 106 Å². The Bertz CT molecular complexity index is 751. The monoisotopic (exact) mass is 354 g/mol. The molecule has 2 N–H and O–H groups in total. The first kappa shape index (κ1) is 18.3. The Morgan fingerprint density at radius 2 is 2.12 bits per heavy atom. The van der Waals surface area contributed by atoms with Crippen LogP contribution in [0.4, 0.5) is 8.78 Å². The number of aliphatic carboxylic acids is 1. The van der Waals surface area contributed by atoms with E-state index in [1.165, 1.54) is 12.3 Å². The molecule has 1 aromatic heterocycles. The van der Waals surface area contributed by atoms with Crippen molar-refractivity contribution >= 4 is 11.9 Å². The summed E-state index contributed by atoms with van der Waals surface area (Å²) >= 11 is 0. The van der Waals surface area contributed by atoms with Crippen LogP contribution in [0, 0.1) is 11.6 Å². The molecule has 0 spiro atoms. The fraction of sp³-hybridized carbons (Fsp3) is 0.333. The Hall–Kier alpha value is -3.04. The summed E-state index contributed by atoms with van der Waals surface area (Å²) in [5, 5.41) is 18.6. The Balaban J connectivity index is 1.65. The Kier molecular flexibility index (Phi) is 6.38. The molecular weight excluding hydrogens is 338 g/mol. The SMILES string of the molecule is O=C(O)Cn1cc(CNC(=O)CCCOc2ccc(F)cc2F)nn1. The van der Waals surface area contributed by atoms with E-state index in [4.69, 9.17) is 9.84 Å². The first-order valence-corrected chi connectivity index (χ1v) is 7.39. The van der Waals surface area contributed by atoms with E-state index in [-0.39, 0.29) is 37.8 Å². The summed E-state index contributed by atoms with van der Waals surface area (Å²) in [5.41, 5.74) is 0.430. The fourth-order valence-corrected chi connectivity index (χ4v) is 1.92. The molecule has 134 valence electrons. The summed E-state index contributed by atoms with van der Waals surface area (Å²) in [6.07, 6.45) is 1.91. The lowest BCUT2D eigenvalue weighted by molar-refractivity contribution is -0.138. The summed E-state index contributed by atoms with van der Waals surface area (Å²) in [6.45, 7) is -0.0884. The molecule has 10 heteroatoms. The lowest BCUT2D eigenvalue weighted by atomic mass is 10.3. The molecule has 8 nitrogen and oxygen atoms in total. The molecule has 2 aromatic rings. The maximum Gasteiger partial charge on any atom is 0.325 e. The molecule has 0 aliphatic heterocycles. The number of halogens is 2. The second-order valence-corrected chi connectivity index (χ2v) is 5.10. The molecule has 0 unspecified atom stereocenters. The normalized spacial score (nSPS) is 10.5. The highest BCUT2D eigenvalue weighted by Crippen LogP contribution is 2.17. The average Bonchev–Trinajstić information content (AvgIpc) is 2.98. The molecule has 0 bridgehead atoms. The van der Waals surface area contributed by atoms with E-state index in [9.17, 15) is 18.4 Å². The Morgan fingerprint density at radius 3 is 2.84 bits per heavy atom. The summed E-state index contributed by atoms with van der Waals surface area (Å²) in [4.78, 5) is 22.2. The minimum absolute atomic E-state index is 0.0724. The third-order valence-electron chi connectivity index (χ3n) is 3.05. The van der Waals surface area contributed by atoms with Gasteiger partial charge in [0.15, 0.2) is 11.6 Å². The van der Waals surface area contributed by atoms with Crippen LogP contribution in [0.15, 0.2) is 24.4 Å². The fourth-order valence-electron chi connectivity index (χ4n) is 1.92. The van der Waals surface area contributed by atoms with Crippen LogP contribution in [0.5, 0.6) is 5.75 Å². The lowest BCUT2D eigenvalue weighted by Gasteiger charge is -2.07. The van der Waals surface area contributed by atoms with Crippen molar-refractivity contribution in [2.24, 2.45) is 0 Å². The number of carboxylic acids is 1. The number of aromatic nitrogens is 3. The number of hydrogen-bond donors (Lipinski definition) is 2. The molecule has 1 heterocycles. The van der Waals surface area contributed by atoms with E-state index in [2.05, 4.69) is 15.6 Å². The highest BCUT2D eigenvalue weighted by Gasteiger charge is 2.08. The van der Waals surface area contributed by atoms with Crippen molar-refractivity contribution < 1.29 is 28.2 Å². The van der Waals surface area contributed by atoms with Crippen LogP contribution in [0.1, 0.15) is 18.5 Å². The second-order valence-electron chi connectivity index (χ2n) is 5.10. The highest BCUT2D eigenvalue weighted by atomic mass is 19.1. The van der Waals surface area contributed by atoms with E-state index in [0.717, 1.165) is 16.8 Å². The summed E-state index contributed by atoms with van der Waals surface area (Å²) in [6, 6.07) is 2.99. The van der Waals surface area contributed by atoms with Gasteiger partial charge in [-0.05, 0) is 18.6 Å². The van der Waals surface area contributed by atoms with Crippen molar-refractivity contribution in [3.05, 3.63) is 41.7 Å². The average molecular weight is 354 g/mol. The molecule has 0 atom stereocenters. The molecule has 0 radical (unpaired) electrons. The smallest absolute Gasteiger partial charge is 0.325 e. The molecule has 2 rings (SSSR count). The lowest BCUT2D eigenvalue weighted by Crippen LogP contribution is -2.23. The Labute approximate surface area is 141 Å². The van der Waals surface area contributed by atoms with Crippen LogP contribution in [0.25, 0.3) is 0 Å². The van der Waals surface area contributed by atoms with E-state index >= 15 is 0 Å². The highest BCUT2D eigenvalue weighted by molar-refractivity contribution is 5.75. The van der Waals surface area contributed by atoms with Crippen molar-refractivity contribution in [2.45, 2.75) is 25.9 Å². The van der Waals surface area contributed by atoms with E-state index in [1.54, 1.807) is 0 Å². The molecule has 0 aliphatic rings. The molecule has 0 saturated carbocycles. The Morgan fingerprint density at radius 1 is 1.32 bits per heavy atom. The minimum atomic E-state index is -1.04. The molecule has 1 amide bonds. The van der Waals surface area contributed by atoms with Crippen LogP contribution in [-0.4, -0.2) is 38.6 Å². The van der Waals surface area contributed by atoms with Gasteiger partial charge in [0, 0.05) is 12.5 Å². The van der Waals surface area contributed by atoms with E-state index in [0.29, 0.717) is 12.1 Å². The van der Waals surface area contributed by atoms with Gasteiger partial charge in [-0.15, -0.1) is 5.10 Å². The zero-order valence-corrected chi connectivity index (χ0v) is 13.1. The summed E-state index contributed by atoms with van der Waals surface area (Å²) in [5.74, 6) is -2.87. The summed E-state index contributed by atoms with van der Waals surface area (Å²) in [7, 11) is 0. The van der Waals surface area contributed by atoms with Crippen molar-refractivity contribution in [2.75, 3.05) is 6.61 Å². The number of amides is 1. The predicted molar refractivity (Wildman–Crippen MR) is 80.6 cm³/mol. The number of rotatable bonds is 9. The van der Waals surface area contributed by atoms with Gasteiger partial charge in [0.2, 0.25) is 5.91 Å². The first-order valence-electron chi connectivity index (χ1n) is 7.39. The number of nitrogens with zero attached hydrogens (tertiary/aromatic N) is 3. The van der Waals surface area contributed by atoms with Gasteiger partial charge < -0.3 is 15.2 Å². The molecular formula is C15H16F2N4O4. The second kappa shape index (κ2) is 8.71. The number of hydrogen-bond acceptors (Lipinski definition) is 5. The maximum absolute atomic E-state index is 13.3. The van der Waals surface area contributed by atoms with Crippen LogP contribution >= 0.6 is 0 Å².